The third-order valence-electron chi connectivity index (χ3n) is 5.30. The highest BCUT2D eigenvalue weighted by Crippen LogP contribution is 2.28. The third-order valence-corrected chi connectivity index (χ3v) is 7.52. The van der Waals surface area contributed by atoms with E-state index in [1.165, 1.54) is 18.3 Å². The molecule has 7 nitrogen and oxygen atoms in total. The molecule has 2 atom stereocenters. The van der Waals surface area contributed by atoms with Crippen molar-refractivity contribution in [1.29, 1.82) is 0 Å². The van der Waals surface area contributed by atoms with Crippen molar-refractivity contribution in [1.82, 2.24) is 0 Å². The number of hydrogen-bond donors (Lipinski definition) is 2. The number of rotatable bonds is 11. The van der Waals surface area contributed by atoms with Crippen LogP contribution >= 0.6 is 27.3 Å². The van der Waals surface area contributed by atoms with Crippen molar-refractivity contribution in [3.05, 3.63) is 70.5 Å². The lowest BCUT2D eigenvalue weighted by atomic mass is 10.0. The maximum atomic E-state index is 12.1. The van der Waals surface area contributed by atoms with Crippen LogP contribution in [-0.4, -0.2) is 38.3 Å². The van der Waals surface area contributed by atoms with Gasteiger partial charge in [-0.25, -0.2) is 9.00 Å². The quantitative estimate of drug-likeness (QED) is 0.226. The molecule has 0 saturated carbocycles. The van der Waals surface area contributed by atoms with E-state index in [0.29, 0.717) is 25.1 Å². The number of hydrogen-bond acceptors (Lipinski definition) is 4. The average Bonchev–Trinajstić information content (AvgIpc) is 3.33. The second kappa shape index (κ2) is 12.3. The lowest BCUT2D eigenvalue weighted by Gasteiger charge is -2.27. The number of halogens is 1. The highest BCUT2D eigenvalue weighted by Gasteiger charge is 2.30. The molecule has 1 aromatic heterocycles. The molecule has 1 amide bonds. The normalized spacial score (nSPS) is 12.7. The van der Waals surface area contributed by atoms with Gasteiger partial charge in [-0.1, -0.05) is 40.2 Å². The summed E-state index contributed by atoms with van der Waals surface area (Å²) in [4.78, 5) is 25.6. The third kappa shape index (κ3) is 6.75. The van der Waals surface area contributed by atoms with Gasteiger partial charge in [0.2, 0.25) is 5.91 Å². The molecule has 3 aromatic rings. The van der Waals surface area contributed by atoms with Crippen LogP contribution < -0.4 is 9.21 Å². The van der Waals surface area contributed by atoms with E-state index in [1.807, 2.05) is 41.8 Å². The highest BCUT2D eigenvalue weighted by atomic mass is 79.9. The number of unbranched alkanes of at least 4 members (excludes halogenated alkanes) is 1. The Balaban J connectivity index is 1.69. The zero-order chi connectivity index (χ0) is 24.7. The summed E-state index contributed by atoms with van der Waals surface area (Å²) in [5.74, 6) is -1.26. The first-order valence-corrected chi connectivity index (χ1v) is 13.3. The van der Waals surface area contributed by atoms with Crippen LogP contribution in [0, 0.1) is 0 Å². The summed E-state index contributed by atoms with van der Waals surface area (Å²) in [5, 5.41) is 12.5. The van der Waals surface area contributed by atoms with Gasteiger partial charge in [0.05, 0.1) is 10.7 Å². The zero-order valence-electron chi connectivity index (χ0n) is 18.5. The molecule has 1 heterocycles. The molecular formula is C24H25BrN2O5S2. The number of aliphatic carboxylic acids is 1. The Morgan fingerprint density at radius 2 is 1.65 bits per heavy atom. The summed E-state index contributed by atoms with van der Waals surface area (Å²) in [7, 11) is 0. The fourth-order valence-corrected chi connectivity index (χ4v) is 5.40. The van der Waals surface area contributed by atoms with Crippen LogP contribution in [-0.2, 0) is 20.9 Å². The molecule has 0 saturated heterocycles. The molecular weight excluding hydrogens is 540 g/mol. The number of carbonyl (C=O) groups is 2. The summed E-state index contributed by atoms with van der Waals surface area (Å²) in [5.41, 5.74) is 2.23. The molecule has 0 spiro atoms. The van der Waals surface area contributed by atoms with Crippen molar-refractivity contribution in [2.75, 3.05) is 15.7 Å². The fraction of sp³-hybridized carbons (Fsp3) is 0.250. The van der Waals surface area contributed by atoms with Crippen LogP contribution in [0.3, 0.4) is 0 Å². The molecule has 3 rings (SSSR count). The van der Waals surface area contributed by atoms with Crippen LogP contribution in [0.4, 0.5) is 10.7 Å². The molecule has 0 radical (unpaired) electrons. The molecule has 0 aliphatic carbocycles. The Hall–Kier alpha value is -2.53. The van der Waals surface area contributed by atoms with Gasteiger partial charge in [-0.15, -0.1) is 11.3 Å². The van der Waals surface area contributed by atoms with Crippen LogP contribution in [0.1, 0.15) is 26.2 Å². The van der Waals surface area contributed by atoms with E-state index in [4.69, 9.17) is 0 Å². The van der Waals surface area contributed by atoms with Gasteiger partial charge in [-0.05, 0) is 72.2 Å². The van der Waals surface area contributed by atoms with Gasteiger partial charge in [-0.2, -0.15) is 0 Å². The van der Waals surface area contributed by atoms with E-state index in [-0.39, 0.29) is 12.3 Å². The molecule has 10 heteroatoms. The van der Waals surface area contributed by atoms with E-state index in [1.54, 1.807) is 29.2 Å². The Kier molecular flexibility index (Phi) is 9.40. The van der Waals surface area contributed by atoms with E-state index in [0.717, 1.165) is 24.9 Å². The second-order valence-corrected chi connectivity index (χ2v) is 10.3. The Labute approximate surface area is 213 Å². The zero-order valence-corrected chi connectivity index (χ0v) is 21.7. The van der Waals surface area contributed by atoms with Crippen molar-refractivity contribution in [3.63, 3.8) is 0 Å². The van der Waals surface area contributed by atoms with Gasteiger partial charge in [0.15, 0.2) is 0 Å². The van der Waals surface area contributed by atoms with Gasteiger partial charge < -0.3 is 10.0 Å². The molecule has 2 unspecified atom stereocenters. The molecule has 34 heavy (non-hydrogen) atoms. The number of nitrogens with zero attached hydrogens (tertiary/aromatic N) is 2. The summed E-state index contributed by atoms with van der Waals surface area (Å²) in [6.45, 7) is 1.95. The maximum Gasteiger partial charge on any atom is 0.327 e. The number of amides is 1. The lowest BCUT2D eigenvalue weighted by Crippen LogP contribution is -2.42. The number of benzene rings is 2. The van der Waals surface area contributed by atoms with Crippen molar-refractivity contribution < 1.29 is 23.5 Å². The molecule has 0 fully saturated rings. The Morgan fingerprint density at radius 3 is 2.15 bits per heavy atom. The smallest absolute Gasteiger partial charge is 0.327 e. The van der Waals surface area contributed by atoms with Crippen LogP contribution in [0.5, 0.6) is 0 Å². The maximum absolute atomic E-state index is 12.1. The van der Waals surface area contributed by atoms with Gasteiger partial charge >= 0.3 is 5.97 Å². The number of thiophene rings is 1. The summed E-state index contributed by atoms with van der Waals surface area (Å²) in [6.07, 6.45) is 1.19. The second-order valence-electron chi connectivity index (χ2n) is 7.58. The molecule has 2 N–H and O–H groups in total. The highest BCUT2D eigenvalue weighted by molar-refractivity contribution is 9.10. The topological polar surface area (TPSA) is 98.2 Å². The minimum atomic E-state index is -2.52. The standard InChI is InChI=1S/C24H25BrN2O5S2/c1-17(28)26(23-6-4-16-33-23)15-3-2-5-22(24(29)30)27(34(31)32)21-13-9-19(10-14-21)18-7-11-20(25)12-8-18/h4,6-14,16,22H,2-3,5,15H2,1H3,(H,29,30)(H,31,32). The Morgan fingerprint density at radius 1 is 1.03 bits per heavy atom. The molecule has 0 bridgehead atoms. The minimum absolute atomic E-state index is 0.0822. The van der Waals surface area contributed by atoms with E-state index in [9.17, 15) is 23.5 Å². The van der Waals surface area contributed by atoms with Gasteiger partial charge in [0, 0.05) is 17.9 Å². The first kappa shape index (κ1) is 26.1. The lowest BCUT2D eigenvalue weighted by molar-refractivity contribution is -0.138. The monoisotopic (exact) mass is 564 g/mol. The minimum Gasteiger partial charge on any atom is -0.480 e. The predicted octanol–water partition coefficient (Wildman–Crippen LogP) is 5.80. The van der Waals surface area contributed by atoms with E-state index < -0.39 is 23.3 Å². The van der Waals surface area contributed by atoms with Crippen molar-refractivity contribution >= 4 is 61.1 Å². The first-order chi connectivity index (χ1) is 16.3. The summed E-state index contributed by atoms with van der Waals surface area (Å²) < 4.78 is 24.0. The van der Waals surface area contributed by atoms with Crippen LogP contribution in [0.15, 0.2) is 70.5 Å². The van der Waals surface area contributed by atoms with Gasteiger partial charge in [-0.3, -0.25) is 13.7 Å². The van der Waals surface area contributed by atoms with Gasteiger partial charge in [0.1, 0.15) is 6.04 Å². The number of carbonyl (C=O) groups excluding carboxylic acids is 1. The predicted molar refractivity (Wildman–Crippen MR) is 140 cm³/mol. The number of carboxylic acid groups (broad SMARTS) is 1. The van der Waals surface area contributed by atoms with Crippen molar-refractivity contribution in [2.24, 2.45) is 0 Å². The average molecular weight is 566 g/mol. The first-order valence-electron chi connectivity index (χ1n) is 10.6. The largest absolute Gasteiger partial charge is 0.480 e. The SMILES string of the molecule is CC(=O)N(CCCCC(C(=O)O)N(c1ccc(-c2ccc(Br)cc2)cc1)S(=O)O)c1cccs1. The number of carboxylic acids is 1. The van der Waals surface area contributed by atoms with Crippen LogP contribution in [0.2, 0.25) is 0 Å². The fourth-order valence-electron chi connectivity index (χ4n) is 3.62. The summed E-state index contributed by atoms with van der Waals surface area (Å²) >= 11 is 2.34. The van der Waals surface area contributed by atoms with E-state index >= 15 is 0 Å². The summed E-state index contributed by atoms with van der Waals surface area (Å²) in [6, 6.07) is 17.2. The number of anilines is 2. The molecule has 0 aliphatic heterocycles. The van der Waals surface area contributed by atoms with Crippen LogP contribution in [0.25, 0.3) is 11.1 Å². The van der Waals surface area contributed by atoms with Gasteiger partial charge in [0.25, 0.3) is 11.3 Å². The van der Waals surface area contributed by atoms with Crippen molar-refractivity contribution in [2.45, 2.75) is 32.2 Å². The molecule has 2 aromatic carbocycles. The molecule has 180 valence electrons. The Bertz CT molecular complexity index is 1120. The van der Waals surface area contributed by atoms with Crippen molar-refractivity contribution in [3.8, 4) is 11.1 Å². The molecule has 0 aliphatic rings. The van der Waals surface area contributed by atoms with E-state index in [2.05, 4.69) is 15.9 Å².